The maximum absolute atomic E-state index is 10.0. The van der Waals surface area contributed by atoms with Gasteiger partial charge in [0.15, 0.2) is 0 Å². The summed E-state index contributed by atoms with van der Waals surface area (Å²) in [5, 5.41) is 13.5. The summed E-state index contributed by atoms with van der Waals surface area (Å²) in [7, 11) is 0. The van der Waals surface area contributed by atoms with Crippen molar-refractivity contribution in [2.45, 2.75) is 51.6 Å². The van der Waals surface area contributed by atoms with Gasteiger partial charge in [0.05, 0.1) is 19.3 Å². The Morgan fingerprint density at radius 1 is 1.29 bits per heavy atom. The second kappa shape index (κ2) is 6.80. The van der Waals surface area contributed by atoms with Crippen molar-refractivity contribution < 1.29 is 9.84 Å². The number of nitrogens with one attached hydrogen (secondary N) is 1. The van der Waals surface area contributed by atoms with E-state index in [9.17, 15) is 5.11 Å². The molecule has 3 atom stereocenters. The van der Waals surface area contributed by atoms with Crippen molar-refractivity contribution in [3.63, 3.8) is 0 Å². The predicted octanol–water partition coefficient (Wildman–Crippen LogP) is 2.75. The molecule has 0 aromatic rings. The molecule has 2 fully saturated rings. The maximum atomic E-state index is 10.0. The van der Waals surface area contributed by atoms with Gasteiger partial charge >= 0.3 is 0 Å². The molecule has 0 aromatic carbocycles. The van der Waals surface area contributed by atoms with Crippen LogP contribution in [0, 0.1) is 23.2 Å². The Labute approximate surface area is 129 Å². The summed E-state index contributed by atoms with van der Waals surface area (Å²) in [6.45, 7) is 5.32. The number of aliphatic hydroxyl groups is 1. The average molecular weight is 293 g/mol. The second-order valence-corrected chi connectivity index (χ2v) is 7.64. The van der Waals surface area contributed by atoms with E-state index in [0.717, 1.165) is 25.5 Å². The van der Waals surface area contributed by atoms with Crippen molar-refractivity contribution in [2.24, 2.45) is 23.2 Å². The fourth-order valence-electron chi connectivity index (χ4n) is 3.73. The first-order valence-electron chi connectivity index (χ1n) is 8.81. The van der Waals surface area contributed by atoms with E-state index >= 15 is 0 Å². The molecule has 3 unspecified atom stereocenters. The van der Waals surface area contributed by atoms with Gasteiger partial charge in [0.1, 0.15) is 0 Å². The maximum Gasteiger partial charge on any atom is 0.0897 e. The Hall–Kier alpha value is -0.380. The first kappa shape index (κ1) is 15.5. The molecule has 0 bridgehead atoms. The van der Waals surface area contributed by atoms with E-state index in [1.54, 1.807) is 0 Å². The van der Waals surface area contributed by atoms with Crippen LogP contribution in [-0.4, -0.2) is 37.5 Å². The highest BCUT2D eigenvalue weighted by Crippen LogP contribution is 2.60. The van der Waals surface area contributed by atoms with Gasteiger partial charge in [-0.25, -0.2) is 0 Å². The monoisotopic (exact) mass is 293 g/mol. The molecule has 2 N–H and O–H groups in total. The smallest absolute Gasteiger partial charge is 0.0897 e. The van der Waals surface area contributed by atoms with E-state index < -0.39 is 0 Å². The summed E-state index contributed by atoms with van der Waals surface area (Å²) in [4.78, 5) is 0. The van der Waals surface area contributed by atoms with Gasteiger partial charge in [-0.1, -0.05) is 19.1 Å². The average Bonchev–Trinajstić information content (AvgIpc) is 3.34. The first-order valence-corrected chi connectivity index (χ1v) is 8.81. The van der Waals surface area contributed by atoms with Crippen LogP contribution in [0.25, 0.3) is 0 Å². The minimum atomic E-state index is -0.366. The lowest BCUT2D eigenvalue weighted by molar-refractivity contribution is 0.0124. The van der Waals surface area contributed by atoms with E-state index in [2.05, 4.69) is 24.4 Å². The lowest BCUT2D eigenvalue weighted by Gasteiger charge is -2.25. The molecule has 0 saturated heterocycles. The Morgan fingerprint density at radius 2 is 2.05 bits per heavy atom. The fourth-order valence-corrected chi connectivity index (χ4v) is 3.73. The largest absolute Gasteiger partial charge is 0.389 e. The van der Waals surface area contributed by atoms with Gasteiger partial charge in [-0.2, -0.15) is 0 Å². The molecule has 3 nitrogen and oxygen atoms in total. The third-order valence-corrected chi connectivity index (χ3v) is 5.75. The van der Waals surface area contributed by atoms with Gasteiger partial charge in [-0.05, 0) is 61.7 Å². The molecule has 0 aliphatic heterocycles. The fraction of sp³-hybridized carbons (Fsp3) is 0.889. The lowest BCUT2D eigenvalue weighted by Crippen LogP contribution is -2.35. The highest BCUT2D eigenvalue weighted by molar-refractivity contribution is 5.05. The number of hydrogen-bond acceptors (Lipinski definition) is 3. The Bertz CT molecular complexity index is 360. The number of hydrogen-bond donors (Lipinski definition) is 2. The van der Waals surface area contributed by atoms with E-state index in [4.69, 9.17) is 4.74 Å². The molecule has 3 aliphatic carbocycles. The number of allylic oxidation sites excluding steroid dienone is 2. The van der Waals surface area contributed by atoms with Crippen LogP contribution in [0.3, 0.4) is 0 Å². The number of ether oxygens (including phenoxy) is 1. The van der Waals surface area contributed by atoms with Crippen molar-refractivity contribution in [3.8, 4) is 0 Å². The molecule has 2 saturated carbocycles. The van der Waals surface area contributed by atoms with E-state index in [-0.39, 0.29) is 6.10 Å². The van der Waals surface area contributed by atoms with Crippen molar-refractivity contribution in [3.05, 3.63) is 12.2 Å². The van der Waals surface area contributed by atoms with Crippen LogP contribution < -0.4 is 5.32 Å². The number of rotatable bonds is 9. The third-order valence-electron chi connectivity index (χ3n) is 5.75. The highest BCUT2D eigenvalue weighted by Gasteiger charge is 2.53. The molecular weight excluding hydrogens is 262 g/mol. The standard InChI is InChI=1S/C18H31NO2/c1-14-4-2-3-5-15(14)11-21-12-17(20)10-19-13-18(8-9-18)16-6-7-16/h2-3,14-17,19-20H,4-13H2,1H3. The van der Waals surface area contributed by atoms with Gasteiger partial charge in [-0.3, -0.25) is 0 Å². The minimum absolute atomic E-state index is 0.366. The van der Waals surface area contributed by atoms with Crippen molar-refractivity contribution in [2.75, 3.05) is 26.3 Å². The van der Waals surface area contributed by atoms with Crippen LogP contribution in [0.5, 0.6) is 0 Å². The molecule has 0 aromatic heterocycles. The Kier molecular flexibility index (Phi) is 5.03. The third kappa shape index (κ3) is 4.30. The molecule has 3 heteroatoms. The molecule has 0 radical (unpaired) electrons. The zero-order chi connectivity index (χ0) is 14.7. The number of aliphatic hydroxyl groups excluding tert-OH is 1. The molecule has 0 heterocycles. The van der Waals surface area contributed by atoms with E-state index in [0.29, 0.717) is 30.4 Å². The molecular formula is C18H31NO2. The normalized spacial score (nSPS) is 32.1. The highest BCUT2D eigenvalue weighted by atomic mass is 16.5. The molecule has 120 valence electrons. The molecule has 0 spiro atoms. The van der Waals surface area contributed by atoms with Gasteiger partial charge < -0.3 is 15.2 Å². The second-order valence-electron chi connectivity index (χ2n) is 7.64. The predicted molar refractivity (Wildman–Crippen MR) is 85.1 cm³/mol. The summed E-state index contributed by atoms with van der Waals surface area (Å²) >= 11 is 0. The quantitative estimate of drug-likeness (QED) is 0.642. The molecule has 3 rings (SSSR count). The SMILES string of the molecule is CC1CC=CCC1COCC(O)CNCC1(C2CC2)CC1. The lowest BCUT2D eigenvalue weighted by atomic mass is 9.85. The molecule has 3 aliphatic rings. The zero-order valence-corrected chi connectivity index (χ0v) is 13.4. The molecule has 21 heavy (non-hydrogen) atoms. The van der Waals surface area contributed by atoms with Gasteiger partial charge in [0, 0.05) is 13.1 Å². The summed E-state index contributed by atoms with van der Waals surface area (Å²) in [6.07, 6.45) is 12.1. The van der Waals surface area contributed by atoms with Crippen molar-refractivity contribution >= 4 is 0 Å². The van der Waals surface area contributed by atoms with Crippen LogP contribution in [0.1, 0.15) is 45.4 Å². The van der Waals surface area contributed by atoms with Crippen LogP contribution in [0.2, 0.25) is 0 Å². The van der Waals surface area contributed by atoms with Crippen LogP contribution in [0.4, 0.5) is 0 Å². The summed E-state index contributed by atoms with van der Waals surface area (Å²) in [5.74, 6) is 2.32. The van der Waals surface area contributed by atoms with E-state index in [1.807, 2.05) is 0 Å². The van der Waals surface area contributed by atoms with Crippen LogP contribution in [0.15, 0.2) is 12.2 Å². The minimum Gasteiger partial charge on any atom is -0.389 e. The Morgan fingerprint density at radius 3 is 2.71 bits per heavy atom. The van der Waals surface area contributed by atoms with Gasteiger partial charge in [0.25, 0.3) is 0 Å². The topological polar surface area (TPSA) is 41.5 Å². The summed E-state index contributed by atoms with van der Waals surface area (Å²) in [6, 6.07) is 0. The van der Waals surface area contributed by atoms with E-state index in [1.165, 1.54) is 32.1 Å². The van der Waals surface area contributed by atoms with Gasteiger partial charge in [-0.15, -0.1) is 0 Å². The van der Waals surface area contributed by atoms with Gasteiger partial charge in [0.2, 0.25) is 0 Å². The first-order chi connectivity index (χ1) is 10.2. The van der Waals surface area contributed by atoms with Crippen molar-refractivity contribution in [1.29, 1.82) is 0 Å². The zero-order valence-electron chi connectivity index (χ0n) is 13.4. The van der Waals surface area contributed by atoms with Crippen LogP contribution in [-0.2, 0) is 4.74 Å². The Balaban J connectivity index is 1.24. The van der Waals surface area contributed by atoms with Crippen LogP contribution >= 0.6 is 0 Å². The summed E-state index contributed by atoms with van der Waals surface area (Å²) < 4.78 is 5.74. The summed E-state index contributed by atoms with van der Waals surface area (Å²) in [5.41, 5.74) is 0.616. The van der Waals surface area contributed by atoms with Crippen molar-refractivity contribution in [1.82, 2.24) is 5.32 Å². The molecule has 0 amide bonds.